The molecule has 0 aromatic heterocycles. The van der Waals surface area contributed by atoms with E-state index in [1.54, 1.807) is 0 Å². The van der Waals surface area contributed by atoms with Gasteiger partial charge in [0.25, 0.3) is 0 Å². The van der Waals surface area contributed by atoms with Gasteiger partial charge in [0.15, 0.2) is 11.0 Å². The summed E-state index contributed by atoms with van der Waals surface area (Å²) in [5.74, 6) is -2.69. The maximum Gasteiger partial charge on any atom is 0.338 e. The highest BCUT2D eigenvalue weighted by atomic mass is 32.2. The van der Waals surface area contributed by atoms with E-state index in [9.17, 15) is 17.8 Å². The summed E-state index contributed by atoms with van der Waals surface area (Å²) in [6, 6.07) is 7.18. The average Bonchev–Trinajstić information content (AvgIpc) is 2.53. The van der Waals surface area contributed by atoms with Gasteiger partial charge in [0.1, 0.15) is 24.0 Å². The Morgan fingerprint density at radius 1 is 1.22 bits per heavy atom. The van der Waals surface area contributed by atoms with E-state index < -0.39 is 34.2 Å². The topological polar surface area (TPSA) is 66.8 Å². The first-order valence-corrected chi connectivity index (χ1v) is 7.72. The molecule has 2 aromatic rings. The molecule has 8 heteroatoms. The first-order valence-electron chi connectivity index (χ1n) is 6.62. The molecule has 0 bridgehead atoms. The molecule has 1 aliphatic rings. The zero-order valence-electron chi connectivity index (χ0n) is 11.7. The average molecular weight is 339 g/mol. The fourth-order valence-corrected chi connectivity index (χ4v) is 3.41. The van der Waals surface area contributed by atoms with Crippen molar-refractivity contribution in [2.45, 2.75) is 4.90 Å². The van der Waals surface area contributed by atoms with Crippen LogP contribution in [-0.2, 0) is 11.0 Å². The zero-order chi connectivity index (χ0) is 16.6. The molecule has 0 spiro atoms. The van der Waals surface area contributed by atoms with Crippen LogP contribution in [0.25, 0.3) is 0 Å². The van der Waals surface area contributed by atoms with Gasteiger partial charge in [-0.25, -0.2) is 17.8 Å². The van der Waals surface area contributed by atoms with Crippen LogP contribution in [-0.4, -0.2) is 28.4 Å². The second-order valence-electron chi connectivity index (χ2n) is 4.76. The van der Waals surface area contributed by atoms with Crippen LogP contribution in [0.2, 0.25) is 0 Å². The van der Waals surface area contributed by atoms with Gasteiger partial charge in [0.2, 0.25) is 0 Å². The number of aromatic carboxylic acids is 1. The minimum Gasteiger partial charge on any atom is -0.489 e. The second-order valence-corrected chi connectivity index (χ2v) is 6.17. The summed E-state index contributed by atoms with van der Waals surface area (Å²) < 4.78 is 46.1. The van der Waals surface area contributed by atoms with Crippen molar-refractivity contribution in [3.63, 3.8) is 0 Å². The van der Waals surface area contributed by atoms with Gasteiger partial charge in [-0.1, -0.05) is 0 Å². The van der Waals surface area contributed by atoms with Gasteiger partial charge in [0, 0.05) is 6.07 Å². The monoisotopic (exact) mass is 339 g/mol. The molecule has 0 saturated carbocycles. The van der Waals surface area contributed by atoms with Crippen LogP contribution in [0.1, 0.15) is 10.4 Å². The predicted octanol–water partition coefficient (Wildman–Crippen LogP) is 2.58. The molecule has 1 unspecified atom stereocenters. The number of carboxylic acids is 1. The highest BCUT2D eigenvalue weighted by Gasteiger charge is 2.27. The van der Waals surface area contributed by atoms with Gasteiger partial charge in [-0.15, -0.1) is 0 Å². The van der Waals surface area contributed by atoms with Crippen LogP contribution >= 0.6 is 0 Å². The zero-order valence-corrected chi connectivity index (χ0v) is 12.5. The molecule has 1 atom stereocenters. The molecule has 0 amide bonds. The van der Waals surface area contributed by atoms with Gasteiger partial charge in [0.05, 0.1) is 22.7 Å². The molecule has 1 N–H and O–H groups in total. The number of anilines is 1. The molecule has 1 heterocycles. The maximum absolute atomic E-state index is 13.7. The molecule has 1 aliphatic heterocycles. The van der Waals surface area contributed by atoms with Crippen molar-refractivity contribution in [1.29, 1.82) is 0 Å². The number of rotatable bonds is 3. The van der Waals surface area contributed by atoms with Gasteiger partial charge in [-0.05, 0) is 30.3 Å². The smallest absolute Gasteiger partial charge is 0.338 e. The van der Waals surface area contributed by atoms with E-state index in [4.69, 9.17) is 9.84 Å². The van der Waals surface area contributed by atoms with E-state index in [1.165, 1.54) is 28.6 Å². The van der Waals surface area contributed by atoms with E-state index in [0.717, 1.165) is 12.1 Å². The third kappa shape index (κ3) is 2.89. The molecule has 23 heavy (non-hydrogen) atoms. The Morgan fingerprint density at radius 2 is 1.91 bits per heavy atom. The van der Waals surface area contributed by atoms with E-state index in [0.29, 0.717) is 4.90 Å². The van der Waals surface area contributed by atoms with Gasteiger partial charge in [-0.3, -0.25) is 4.31 Å². The molecule has 0 saturated heterocycles. The Labute approximate surface area is 132 Å². The third-order valence-corrected chi connectivity index (χ3v) is 4.77. The molecule has 5 nitrogen and oxygen atoms in total. The molecule has 3 rings (SSSR count). The number of fused-ring (bicyclic) bond motifs is 1. The van der Waals surface area contributed by atoms with Crippen molar-refractivity contribution in [1.82, 2.24) is 0 Å². The molecular formula is C15H11F2NO4S. The first-order chi connectivity index (χ1) is 11.0. The van der Waals surface area contributed by atoms with E-state index in [1.807, 2.05) is 0 Å². The van der Waals surface area contributed by atoms with Crippen molar-refractivity contribution in [2.24, 2.45) is 0 Å². The summed E-state index contributed by atoms with van der Waals surface area (Å²) in [7, 11) is -1.70. The van der Waals surface area contributed by atoms with Crippen LogP contribution < -0.4 is 9.04 Å². The van der Waals surface area contributed by atoms with Crippen LogP contribution in [0.5, 0.6) is 5.75 Å². The lowest BCUT2D eigenvalue weighted by atomic mass is 10.1. The molecule has 120 valence electrons. The summed E-state index contributed by atoms with van der Waals surface area (Å²) in [6.07, 6.45) is 0. The van der Waals surface area contributed by atoms with Crippen LogP contribution in [0.4, 0.5) is 14.5 Å². The van der Waals surface area contributed by atoms with Crippen LogP contribution in [0.15, 0.2) is 41.3 Å². The number of hydrogen-bond donors (Lipinski definition) is 1. The van der Waals surface area contributed by atoms with Gasteiger partial charge in [-0.2, -0.15) is 0 Å². The number of ether oxygens (including phenoxy) is 1. The Balaban J connectivity index is 2.03. The van der Waals surface area contributed by atoms with Crippen molar-refractivity contribution < 1.29 is 27.6 Å². The minimum absolute atomic E-state index is 0.120. The van der Waals surface area contributed by atoms with Crippen molar-refractivity contribution in [2.75, 3.05) is 17.5 Å². The Bertz CT molecular complexity index is 795. The number of carboxylic acid groups (broad SMARTS) is 1. The number of carbonyl (C=O) groups is 1. The molecule has 0 radical (unpaired) electrons. The number of hydrogen-bond acceptors (Lipinski definition) is 3. The number of halogens is 2. The molecular weight excluding hydrogens is 328 g/mol. The summed E-state index contributed by atoms with van der Waals surface area (Å²) in [6.45, 7) is 0.396. The van der Waals surface area contributed by atoms with Gasteiger partial charge >= 0.3 is 5.97 Å². The maximum atomic E-state index is 13.7. The summed E-state index contributed by atoms with van der Waals surface area (Å²) >= 11 is 0. The van der Waals surface area contributed by atoms with Crippen LogP contribution in [0.3, 0.4) is 0 Å². The normalized spacial score (nSPS) is 14.8. The largest absolute Gasteiger partial charge is 0.489 e. The highest BCUT2D eigenvalue weighted by molar-refractivity contribution is 7.86. The Kier molecular flexibility index (Phi) is 3.99. The summed E-state index contributed by atoms with van der Waals surface area (Å²) in [5.41, 5.74) is -0.312. The molecule has 0 aliphatic carbocycles. The number of benzene rings is 2. The lowest BCUT2D eigenvalue weighted by Gasteiger charge is -2.30. The quantitative estimate of drug-likeness (QED) is 0.933. The van der Waals surface area contributed by atoms with Crippen molar-refractivity contribution in [3.05, 3.63) is 53.6 Å². The SMILES string of the molecule is O=C(O)c1cc2c(cc1F)OCCN2S(=O)c1ccc(F)cc1. The van der Waals surface area contributed by atoms with E-state index in [2.05, 4.69) is 0 Å². The Hall–Kier alpha value is -2.48. The minimum atomic E-state index is -1.70. The molecule has 2 aromatic carbocycles. The fraction of sp³-hybridized carbons (Fsp3) is 0.133. The summed E-state index contributed by atoms with van der Waals surface area (Å²) in [4.78, 5) is 11.4. The Morgan fingerprint density at radius 3 is 2.57 bits per heavy atom. The fourth-order valence-electron chi connectivity index (χ4n) is 2.23. The van der Waals surface area contributed by atoms with Crippen LogP contribution in [0, 0.1) is 11.6 Å². The first kappa shape index (κ1) is 15.4. The number of nitrogens with zero attached hydrogens (tertiary/aromatic N) is 1. The third-order valence-electron chi connectivity index (χ3n) is 3.32. The highest BCUT2D eigenvalue weighted by Crippen LogP contribution is 2.36. The van der Waals surface area contributed by atoms with Gasteiger partial charge < -0.3 is 9.84 Å². The van der Waals surface area contributed by atoms with E-state index in [-0.39, 0.29) is 24.6 Å². The lowest BCUT2D eigenvalue weighted by Crippen LogP contribution is -2.34. The summed E-state index contributed by atoms with van der Waals surface area (Å²) in [5, 5.41) is 9.02. The standard InChI is InChI=1S/C15H11F2NO4S/c16-9-1-3-10(4-2-9)23(21)18-5-6-22-14-8-12(17)11(15(19)20)7-13(14)18/h1-4,7-8H,5-6H2,(H,19,20). The predicted molar refractivity (Wildman–Crippen MR) is 79.0 cm³/mol. The van der Waals surface area contributed by atoms with Crippen molar-refractivity contribution >= 4 is 22.6 Å². The molecule has 0 fully saturated rings. The second kappa shape index (κ2) is 5.96. The van der Waals surface area contributed by atoms with E-state index >= 15 is 0 Å². The lowest BCUT2D eigenvalue weighted by molar-refractivity contribution is 0.0692. The van der Waals surface area contributed by atoms with Crippen molar-refractivity contribution in [3.8, 4) is 5.75 Å².